The molecular weight excluding hydrogens is 394 g/mol. The molecule has 0 saturated carbocycles. The van der Waals surface area contributed by atoms with E-state index in [0.29, 0.717) is 17.1 Å². The third-order valence-corrected chi connectivity index (χ3v) is 3.48. The summed E-state index contributed by atoms with van der Waals surface area (Å²) in [4.78, 5) is 21.8. The van der Waals surface area contributed by atoms with E-state index in [-0.39, 0.29) is 12.3 Å². The predicted octanol–water partition coefficient (Wildman–Crippen LogP) is 2.90. The van der Waals surface area contributed by atoms with Crippen LogP contribution in [-0.4, -0.2) is 30.8 Å². The molecule has 2 aromatic rings. The average molecular weight is 408 g/mol. The first-order valence-electron chi connectivity index (χ1n) is 7.02. The van der Waals surface area contributed by atoms with Gasteiger partial charge in [0.25, 0.3) is 11.6 Å². The van der Waals surface area contributed by atoms with Crippen LogP contribution in [0.2, 0.25) is 0 Å². The zero-order chi connectivity index (χ0) is 18.2. The van der Waals surface area contributed by atoms with Crippen LogP contribution in [-0.2, 0) is 4.79 Å². The summed E-state index contributed by atoms with van der Waals surface area (Å²) in [6, 6.07) is 10.9. The van der Waals surface area contributed by atoms with E-state index in [1.807, 2.05) is 0 Å². The van der Waals surface area contributed by atoms with Gasteiger partial charge < -0.3 is 9.47 Å². The Labute approximate surface area is 151 Å². The van der Waals surface area contributed by atoms with E-state index in [2.05, 4.69) is 26.5 Å². The molecule has 0 heterocycles. The molecule has 0 aliphatic heterocycles. The number of hydrazone groups is 1. The maximum atomic E-state index is 11.7. The van der Waals surface area contributed by atoms with Crippen molar-refractivity contribution in [2.75, 3.05) is 13.7 Å². The molecule has 0 aliphatic rings. The van der Waals surface area contributed by atoms with Crippen LogP contribution in [0, 0.1) is 10.1 Å². The van der Waals surface area contributed by atoms with E-state index in [4.69, 9.17) is 9.47 Å². The Bertz CT molecular complexity index is 793. The number of carbonyl (C=O) groups excluding carboxylic acids is 1. The van der Waals surface area contributed by atoms with Gasteiger partial charge in [0.1, 0.15) is 0 Å². The summed E-state index contributed by atoms with van der Waals surface area (Å²) < 4.78 is 11.4. The third-order valence-electron chi connectivity index (χ3n) is 2.99. The molecule has 0 fully saturated rings. The molecule has 0 bridgehead atoms. The predicted molar refractivity (Wildman–Crippen MR) is 95.0 cm³/mol. The molecule has 1 N–H and O–H groups in total. The number of benzene rings is 2. The Morgan fingerprint density at radius 1 is 1.28 bits per heavy atom. The fourth-order valence-electron chi connectivity index (χ4n) is 1.80. The summed E-state index contributed by atoms with van der Waals surface area (Å²) in [6.45, 7) is -0.240. The highest BCUT2D eigenvalue weighted by Gasteiger charge is 2.07. The summed E-state index contributed by atoms with van der Waals surface area (Å²) in [5.74, 6) is 0.472. The van der Waals surface area contributed by atoms with Gasteiger partial charge in [0.2, 0.25) is 0 Å². The second kappa shape index (κ2) is 8.78. The van der Waals surface area contributed by atoms with Crippen molar-refractivity contribution in [2.45, 2.75) is 0 Å². The summed E-state index contributed by atoms with van der Waals surface area (Å²) >= 11 is 3.31. The average Bonchev–Trinajstić information content (AvgIpc) is 2.61. The molecule has 0 aliphatic carbocycles. The Hall–Kier alpha value is -2.94. The second-order valence-electron chi connectivity index (χ2n) is 4.73. The lowest BCUT2D eigenvalue weighted by atomic mass is 10.2. The van der Waals surface area contributed by atoms with Crippen molar-refractivity contribution in [3.63, 3.8) is 0 Å². The monoisotopic (exact) mass is 407 g/mol. The molecule has 0 radical (unpaired) electrons. The highest BCUT2D eigenvalue weighted by molar-refractivity contribution is 9.10. The van der Waals surface area contributed by atoms with Gasteiger partial charge in [-0.3, -0.25) is 14.9 Å². The Morgan fingerprint density at radius 2 is 2.00 bits per heavy atom. The molecule has 0 aromatic heterocycles. The minimum absolute atomic E-state index is 0.0157. The second-order valence-corrected chi connectivity index (χ2v) is 5.64. The third kappa shape index (κ3) is 5.57. The van der Waals surface area contributed by atoms with Gasteiger partial charge in [0.05, 0.1) is 18.2 Å². The summed E-state index contributed by atoms with van der Waals surface area (Å²) in [5.41, 5.74) is 2.91. The largest absolute Gasteiger partial charge is 0.493 e. The zero-order valence-electron chi connectivity index (χ0n) is 13.1. The fraction of sp³-hybridized carbons (Fsp3) is 0.125. The summed E-state index contributed by atoms with van der Waals surface area (Å²) in [7, 11) is 1.50. The molecule has 2 rings (SSSR count). The maximum Gasteiger partial charge on any atom is 0.277 e. The lowest BCUT2D eigenvalue weighted by molar-refractivity contribution is -0.384. The molecule has 1 amide bonds. The number of hydrogen-bond donors (Lipinski definition) is 1. The van der Waals surface area contributed by atoms with E-state index in [1.54, 1.807) is 18.2 Å². The van der Waals surface area contributed by atoms with Crippen LogP contribution in [0.3, 0.4) is 0 Å². The standard InChI is InChI=1S/C16H14BrN3O5/c1-24-15-8-12(17)4-7-14(15)25-10-16(21)19-18-9-11-2-5-13(6-3-11)20(22)23/h2-9H,10H2,1H3,(H,19,21)/b18-9+. The SMILES string of the molecule is COc1cc(Br)ccc1OCC(=O)N/N=C/c1ccc([N+](=O)[O-])cc1. The van der Waals surface area contributed by atoms with E-state index in [1.165, 1.54) is 37.6 Å². The molecule has 130 valence electrons. The number of nitro benzene ring substituents is 1. The maximum absolute atomic E-state index is 11.7. The van der Waals surface area contributed by atoms with Gasteiger partial charge in [-0.1, -0.05) is 15.9 Å². The van der Waals surface area contributed by atoms with Crippen molar-refractivity contribution in [2.24, 2.45) is 5.10 Å². The smallest absolute Gasteiger partial charge is 0.277 e. The first kappa shape index (κ1) is 18.4. The highest BCUT2D eigenvalue weighted by atomic mass is 79.9. The van der Waals surface area contributed by atoms with Crippen LogP contribution in [0.5, 0.6) is 11.5 Å². The van der Waals surface area contributed by atoms with Crippen LogP contribution in [0.1, 0.15) is 5.56 Å². The Balaban J connectivity index is 1.85. The lowest BCUT2D eigenvalue weighted by Gasteiger charge is -2.10. The van der Waals surface area contributed by atoms with Gasteiger partial charge in [-0.25, -0.2) is 5.43 Å². The lowest BCUT2D eigenvalue weighted by Crippen LogP contribution is -2.24. The van der Waals surface area contributed by atoms with Crippen molar-refractivity contribution >= 4 is 33.7 Å². The number of methoxy groups -OCH3 is 1. The molecule has 8 nitrogen and oxygen atoms in total. The van der Waals surface area contributed by atoms with E-state index in [0.717, 1.165) is 4.47 Å². The number of ether oxygens (including phenoxy) is 2. The number of halogens is 1. The van der Waals surface area contributed by atoms with Crippen molar-refractivity contribution in [3.05, 3.63) is 62.6 Å². The number of nitrogens with one attached hydrogen (secondary N) is 1. The van der Waals surface area contributed by atoms with E-state index < -0.39 is 10.8 Å². The summed E-state index contributed by atoms with van der Waals surface area (Å²) in [6.07, 6.45) is 1.38. The van der Waals surface area contributed by atoms with Gasteiger partial charge in [-0.15, -0.1) is 0 Å². The van der Waals surface area contributed by atoms with Gasteiger partial charge in [-0.05, 0) is 35.9 Å². The topological polar surface area (TPSA) is 103 Å². The minimum Gasteiger partial charge on any atom is -0.493 e. The molecule has 25 heavy (non-hydrogen) atoms. The van der Waals surface area contributed by atoms with Crippen LogP contribution in [0.25, 0.3) is 0 Å². The van der Waals surface area contributed by atoms with Crippen molar-refractivity contribution < 1.29 is 19.2 Å². The number of nitrogens with zero attached hydrogens (tertiary/aromatic N) is 2. The first-order valence-corrected chi connectivity index (χ1v) is 7.81. The number of rotatable bonds is 7. The van der Waals surface area contributed by atoms with Gasteiger partial charge in [0.15, 0.2) is 18.1 Å². The summed E-state index contributed by atoms with van der Waals surface area (Å²) in [5, 5.41) is 14.3. The molecule has 0 spiro atoms. The van der Waals surface area contributed by atoms with Crippen LogP contribution < -0.4 is 14.9 Å². The number of non-ortho nitro benzene ring substituents is 1. The quantitative estimate of drug-likeness (QED) is 0.431. The van der Waals surface area contributed by atoms with E-state index in [9.17, 15) is 14.9 Å². The normalized spacial score (nSPS) is 10.5. The molecule has 2 aromatic carbocycles. The number of hydrogen-bond acceptors (Lipinski definition) is 6. The minimum atomic E-state index is -0.490. The Morgan fingerprint density at radius 3 is 2.64 bits per heavy atom. The highest BCUT2D eigenvalue weighted by Crippen LogP contribution is 2.29. The van der Waals surface area contributed by atoms with Crippen LogP contribution in [0.4, 0.5) is 5.69 Å². The molecular formula is C16H14BrN3O5. The number of nitro groups is 1. The molecule has 0 saturated heterocycles. The van der Waals surface area contributed by atoms with Gasteiger partial charge in [-0.2, -0.15) is 5.10 Å². The number of carbonyl (C=O) groups is 1. The van der Waals surface area contributed by atoms with Crippen molar-refractivity contribution in [1.82, 2.24) is 5.43 Å². The van der Waals surface area contributed by atoms with Crippen molar-refractivity contribution in [1.29, 1.82) is 0 Å². The van der Waals surface area contributed by atoms with Crippen molar-refractivity contribution in [3.8, 4) is 11.5 Å². The molecule has 9 heteroatoms. The molecule has 0 unspecified atom stereocenters. The van der Waals surface area contributed by atoms with E-state index >= 15 is 0 Å². The fourth-order valence-corrected chi connectivity index (χ4v) is 2.14. The Kier molecular flexibility index (Phi) is 6.47. The van der Waals surface area contributed by atoms with Gasteiger partial charge in [0, 0.05) is 16.6 Å². The zero-order valence-corrected chi connectivity index (χ0v) is 14.7. The van der Waals surface area contributed by atoms with Crippen LogP contribution >= 0.6 is 15.9 Å². The number of amides is 1. The van der Waals surface area contributed by atoms with Gasteiger partial charge >= 0.3 is 0 Å². The van der Waals surface area contributed by atoms with Crippen LogP contribution in [0.15, 0.2) is 52.0 Å². The molecule has 0 atom stereocenters. The first-order chi connectivity index (χ1) is 12.0.